The van der Waals surface area contributed by atoms with E-state index in [0.717, 1.165) is 11.4 Å². The number of carbonyl (C=O) groups is 1. The number of carboxylic acid groups (broad SMARTS) is 1. The van der Waals surface area contributed by atoms with E-state index in [1.807, 2.05) is 34.9 Å². The van der Waals surface area contributed by atoms with Crippen LogP contribution in [0.4, 0.5) is 0 Å². The standard InChI is InChI=1S/C12H12N2O2/c15-11(16)6-8-14-9-7-13-12(14)10-4-2-1-3-5-10/h1-5,7,9H,6,8H2,(H,15,16)/p-1. The van der Waals surface area contributed by atoms with Gasteiger partial charge in [0.05, 0.1) is 0 Å². The summed E-state index contributed by atoms with van der Waals surface area (Å²) in [5.41, 5.74) is 0.978. The van der Waals surface area contributed by atoms with E-state index >= 15 is 0 Å². The summed E-state index contributed by atoms with van der Waals surface area (Å²) in [6, 6.07) is 9.66. The summed E-state index contributed by atoms with van der Waals surface area (Å²) >= 11 is 0. The van der Waals surface area contributed by atoms with Gasteiger partial charge in [-0.2, -0.15) is 0 Å². The lowest BCUT2D eigenvalue weighted by Gasteiger charge is -2.08. The van der Waals surface area contributed by atoms with E-state index in [2.05, 4.69) is 4.98 Å². The Morgan fingerprint density at radius 1 is 1.31 bits per heavy atom. The minimum absolute atomic E-state index is 0.00378. The Kier molecular flexibility index (Phi) is 3.00. The molecule has 0 radical (unpaired) electrons. The van der Waals surface area contributed by atoms with E-state index < -0.39 is 5.97 Å². The van der Waals surface area contributed by atoms with E-state index in [1.54, 1.807) is 12.4 Å². The molecule has 0 fully saturated rings. The summed E-state index contributed by atoms with van der Waals surface area (Å²) in [6.07, 6.45) is 3.43. The van der Waals surface area contributed by atoms with Gasteiger partial charge in [0.1, 0.15) is 5.82 Å². The Bertz CT molecular complexity index is 477. The van der Waals surface area contributed by atoms with Crippen molar-refractivity contribution in [2.75, 3.05) is 0 Å². The predicted octanol–water partition coefficient (Wildman–Crippen LogP) is 0.690. The molecule has 0 amide bonds. The number of hydrogen-bond acceptors (Lipinski definition) is 3. The maximum atomic E-state index is 10.4. The van der Waals surface area contributed by atoms with Crippen LogP contribution in [-0.4, -0.2) is 15.5 Å². The molecule has 2 aromatic rings. The molecule has 0 spiro atoms. The molecule has 0 aliphatic rings. The highest BCUT2D eigenvalue weighted by Gasteiger charge is 2.04. The van der Waals surface area contributed by atoms with Crippen molar-refractivity contribution in [3.05, 3.63) is 42.7 Å². The van der Waals surface area contributed by atoms with Crippen molar-refractivity contribution in [2.45, 2.75) is 13.0 Å². The molecule has 0 saturated carbocycles. The maximum Gasteiger partial charge on any atom is 0.139 e. The number of carbonyl (C=O) groups excluding carboxylic acids is 1. The fourth-order valence-corrected chi connectivity index (χ4v) is 1.55. The fraction of sp³-hybridized carbons (Fsp3) is 0.167. The molecule has 2 rings (SSSR count). The minimum atomic E-state index is -1.05. The summed E-state index contributed by atoms with van der Waals surface area (Å²) in [4.78, 5) is 14.6. The molecule has 1 aromatic heterocycles. The third-order valence-electron chi connectivity index (χ3n) is 2.30. The molecule has 16 heavy (non-hydrogen) atoms. The van der Waals surface area contributed by atoms with E-state index in [0.29, 0.717) is 6.54 Å². The molecule has 82 valence electrons. The first-order valence-electron chi connectivity index (χ1n) is 5.04. The van der Waals surface area contributed by atoms with Gasteiger partial charge in [0.25, 0.3) is 0 Å². The van der Waals surface area contributed by atoms with Crippen molar-refractivity contribution >= 4 is 5.97 Å². The van der Waals surface area contributed by atoms with Crippen LogP contribution in [0.3, 0.4) is 0 Å². The molecule has 0 aliphatic carbocycles. The average Bonchev–Trinajstić information content (AvgIpc) is 2.75. The third-order valence-corrected chi connectivity index (χ3v) is 2.30. The molecule has 1 aromatic carbocycles. The number of aryl methyl sites for hydroxylation is 1. The molecule has 0 atom stereocenters. The highest BCUT2D eigenvalue weighted by Crippen LogP contribution is 2.16. The molecule has 4 nitrogen and oxygen atoms in total. The Labute approximate surface area is 93.2 Å². The van der Waals surface area contributed by atoms with Crippen LogP contribution in [0.2, 0.25) is 0 Å². The van der Waals surface area contributed by atoms with Crippen molar-refractivity contribution in [3.8, 4) is 11.4 Å². The van der Waals surface area contributed by atoms with E-state index in [9.17, 15) is 9.90 Å². The second-order valence-electron chi connectivity index (χ2n) is 3.43. The van der Waals surface area contributed by atoms with Crippen LogP contribution >= 0.6 is 0 Å². The van der Waals surface area contributed by atoms with Crippen molar-refractivity contribution in [1.29, 1.82) is 0 Å². The zero-order valence-corrected chi connectivity index (χ0v) is 8.67. The highest BCUT2D eigenvalue weighted by atomic mass is 16.4. The minimum Gasteiger partial charge on any atom is -0.550 e. The van der Waals surface area contributed by atoms with Gasteiger partial charge in [0.2, 0.25) is 0 Å². The molecule has 0 N–H and O–H groups in total. The number of hydrogen-bond donors (Lipinski definition) is 0. The first kappa shape index (κ1) is 10.4. The second kappa shape index (κ2) is 4.61. The predicted molar refractivity (Wildman–Crippen MR) is 57.3 cm³/mol. The number of benzene rings is 1. The molecule has 1 heterocycles. The Hall–Kier alpha value is -2.10. The molecular weight excluding hydrogens is 204 g/mol. The largest absolute Gasteiger partial charge is 0.550 e. The van der Waals surface area contributed by atoms with Crippen LogP contribution in [0.25, 0.3) is 11.4 Å². The average molecular weight is 215 g/mol. The van der Waals surface area contributed by atoms with Gasteiger partial charge in [0.15, 0.2) is 0 Å². The molecule has 0 unspecified atom stereocenters. The SMILES string of the molecule is O=C([O-])CCn1ccnc1-c1ccccc1. The number of nitrogens with zero attached hydrogens (tertiary/aromatic N) is 2. The zero-order valence-electron chi connectivity index (χ0n) is 8.67. The van der Waals surface area contributed by atoms with Gasteiger partial charge >= 0.3 is 0 Å². The smallest absolute Gasteiger partial charge is 0.139 e. The van der Waals surface area contributed by atoms with Crippen molar-refractivity contribution in [2.24, 2.45) is 0 Å². The quantitative estimate of drug-likeness (QED) is 0.754. The second-order valence-corrected chi connectivity index (χ2v) is 3.43. The Balaban J connectivity index is 2.23. The lowest BCUT2D eigenvalue weighted by molar-refractivity contribution is -0.305. The molecule has 0 saturated heterocycles. The lowest BCUT2D eigenvalue weighted by atomic mass is 10.2. The van der Waals surface area contributed by atoms with Gasteiger partial charge < -0.3 is 14.5 Å². The number of imidazole rings is 1. The number of rotatable bonds is 4. The van der Waals surface area contributed by atoms with E-state index in [1.165, 1.54) is 0 Å². The molecular formula is C12H11N2O2-. The van der Waals surface area contributed by atoms with Gasteiger partial charge in [-0.1, -0.05) is 30.3 Å². The highest BCUT2D eigenvalue weighted by molar-refractivity contribution is 5.64. The van der Waals surface area contributed by atoms with Crippen LogP contribution in [-0.2, 0) is 11.3 Å². The third kappa shape index (κ3) is 2.28. The number of carboxylic acids is 1. The topological polar surface area (TPSA) is 57.9 Å². The summed E-state index contributed by atoms with van der Waals surface area (Å²) in [5, 5.41) is 10.4. The van der Waals surface area contributed by atoms with E-state index in [-0.39, 0.29) is 6.42 Å². The number of aromatic nitrogens is 2. The molecule has 4 heteroatoms. The number of aliphatic carboxylic acids is 1. The van der Waals surface area contributed by atoms with Gasteiger partial charge in [-0.15, -0.1) is 0 Å². The van der Waals surface area contributed by atoms with Gasteiger partial charge in [-0.25, -0.2) is 4.98 Å². The van der Waals surface area contributed by atoms with Crippen molar-refractivity contribution < 1.29 is 9.90 Å². The zero-order chi connectivity index (χ0) is 11.4. The summed E-state index contributed by atoms with van der Waals surface area (Å²) in [6.45, 7) is 0.382. The Morgan fingerprint density at radius 2 is 2.06 bits per heavy atom. The molecule has 0 aliphatic heterocycles. The van der Waals surface area contributed by atoms with Crippen LogP contribution in [0.5, 0.6) is 0 Å². The maximum absolute atomic E-state index is 10.4. The summed E-state index contributed by atoms with van der Waals surface area (Å²) < 4.78 is 1.81. The van der Waals surface area contributed by atoms with Crippen LogP contribution in [0.1, 0.15) is 6.42 Å². The van der Waals surface area contributed by atoms with Crippen molar-refractivity contribution in [1.82, 2.24) is 9.55 Å². The first-order chi connectivity index (χ1) is 7.77. The summed E-state index contributed by atoms with van der Waals surface area (Å²) in [5.74, 6) is -0.269. The van der Waals surface area contributed by atoms with Crippen LogP contribution < -0.4 is 5.11 Å². The van der Waals surface area contributed by atoms with Crippen molar-refractivity contribution in [3.63, 3.8) is 0 Å². The van der Waals surface area contributed by atoms with E-state index in [4.69, 9.17) is 0 Å². The lowest BCUT2D eigenvalue weighted by Crippen LogP contribution is -2.23. The monoisotopic (exact) mass is 215 g/mol. The van der Waals surface area contributed by atoms with Gasteiger partial charge in [0, 0.05) is 36.9 Å². The Morgan fingerprint density at radius 3 is 2.75 bits per heavy atom. The van der Waals surface area contributed by atoms with Gasteiger partial charge in [-0.05, 0) is 0 Å². The summed E-state index contributed by atoms with van der Waals surface area (Å²) in [7, 11) is 0. The fourth-order valence-electron chi connectivity index (χ4n) is 1.55. The molecule has 0 bridgehead atoms. The first-order valence-corrected chi connectivity index (χ1v) is 5.04. The van der Waals surface area contributed by atoms with Crippen LogP contribution in [0, 0.1) is 0 Å². The van der Waals surface area contributed by atoms with Gasteiger partial charge in [-0.3, -0.25) is 0 Å². The van der Waals surface area contributed by atoms with Crippen LogP contribution in [0.15, 0.2) is 42.7 Å². The normalized spacial score (nSPS) is 10.2.